The summed E-state index contributed by atoms with van der Waals surface area (Å²) in [5.41, 5.74) is 5.17. The fraction of sp³-hybridized carbons (Fsp3) is 0.286. The van der Waals surface area contributed by atoms with Gasteiger partial charge in [-0.15, -0.1) is 0 Å². The quantitative estimate of drug-likeness (QED) is 0.832. The van der Waals surface area contributed by atoms with Gasteiger partial charge >= 0.3 is 0 Å². The normalized spacial score (nSPS) is 10.4. The Morgan fingerprint density at radius 3 is 2.62 bits per heavy atom. The summed E-state index contributed by atoms with van der Waals surface area (Å²) in [6, 6.07) is 6.20. The molecule has 0 aliphatic carbocycles. The molecule has 0 atom stereocenters. The van der Waals surface area contributed by atoms with Crippen LogP contribution in [0.25, 0.3) is 11.1 Å². The maximum atomic E-state index is 5.22. The van der Waals surface area contributed by atoms with Gasteiger partial charge in [0.25, 0.3) is 0 Å². The number of aromatic nitrogens is 1. The molecule has 2 rings (SSSR count). The van der Waals surface area contributed by atoms with Crippen molar-refractivity contribution in [2.45, 2.75) is 20.3 Å². The molecule has 0 amide bonds. The van der Waals surface area contributed by atoms with Crippen LogP contribution in [0.3, 0.4) is 0 Å². The molecule has 0 fully saturated rings. The van der Waals surface area contributed by atoms with Crippen LogP contribution in [-0.4, -0.2) is 12.1 Å². The first-order valence-electron chi connectivity index (χ1n) is 5.57. The fourth-order valence-electron chi connectivity index (χ4n) is 2.00. The highest BCUT2D eigenvalue weighted by atomic mass is 16.5. The molecule has 1 aromatic heterocycles. The van der Waals surface area contributed by atoms with Gasteiger partial charge in [-0.1, -0.05) is 13.0 Å². The number of hydrogen-bond acceptors (Lipinski definition) is 1. The second-order valence-corrected chi connectivity index (χ2v) is 3.93. The molecule has 2 aromatic rings. The van der Waals surface area contributed by atoms with E-state index in [9.17, 15) is 0 Å². The van der Waals surface area contributed by atoms with Crippen LogP contribution in [-0.2, 0) is 6.42 Å². The van der Waals surface area contributed by atoms with Crippen LogP contribution in [0.1, 0.15) is 18.1 Å². The Bertz CT molecular complexity index is 485. The van der Waals surface area contributed by atoms with Crippen molar-refractivity contribution < 1.29 is 4.74 Å². The Balaban J connectivity index is 2.48. The highest BCUT2D eigenvalue weighted by molar-refractivity contribution is 5.70. The zero-order chi connectivity index (χ0) is 11.5. The largest absolute Gasteiger partial charge is 0.497 e. The molecule has 0 bridgehead atoms. The molecule has 1 N–H and O–H groups in total. The van der Waals surface area contributed by atoms with Gasteiger partial charge in [0.1, 0.15) is 5.75 Å². The molecule has 1 heterocycles. The van der Waals surface area contributed by atoms with Gasteiger partial charge in [0.2, 0.25) is 0 Å². The number of aromatic amines is 1. The number of benzene rings is 1. The third-order valence-electron chi connectivity index (χ3n) is 2.94. The summed E-state index contributed by atoms with van der Waals surface area (Å²) >= 11 is 0. The molecule has 0 radical (unpaired) electrons. The van der Waals surface area contributed by atoms with Crippen molar-refractivity contribution in [2.75, 3.05) is 7.11 Å². The van der Waals surface area contributed by atoms with E-state index in [1.54, 1.807) is 7.11 Å². The van der Waals surface area contributed by atoms with E-state index in [2.05, 4.69) is 43.4 Å². The first-order chi connectivity index (χ1) is 7.76. The number of ether oxygens (including phenoxy) is 1. The number of aryl methyl sites for hydroxylation is 2. The van der Waals surface area contributed by atoms with Crippen LogP contribution in [0.5, 0.6) is 5.75 Å². The second-order valence-electron chi connectivity index (χ2n) is 3.93. The van der Waals surface area contributed by atoms with Gasteiger partial charge in [-0.05, 0) is 42.2 Å². The standard InChI is InChI=1S/C14H17NO/c1-4-11-8-15-9-14(11)13-6-5-12(16-3)7-10(13)2/h5-9,15H,4H2,1-3H3. The molecule has 0 saturated heterocycles. The molecule has 2 nitrogen and oxygen atoms in total. The Kier molecular flexibility index (Phi) is 3.00. The topological polar surface area (TPSA) is 25.0 Å². The minimum atomic E-state index is 0.912. The average Bonchev–Trinajstić information content (AvgIpc) is 2.76. The smallest absolute Gasteiger partial charge is 0.119 e. The Morgan fingerprint density at radius 2 is 2.00 bits per heavy atom. The van der Waals surface area contributed by atoms with Gasteiger partial charge in [-0.25, -0.2) is 0 Å². The van der Waals surface area contributed by atoms with E-state index in [1.807, 2.05) is 6.07 Å². The maximum Gasteiger partial charge on any atom is 0.119 e. The molecule has 0 aliphatic rings. The van der Waals surface area contributed by atoms with Crippen molar-refractivity contribution in [3.63, 3.8) is 0 Å². The van der Waals surface area contributed by atoms with E-state index in [-0.39, 0.29) is 0 Å². The predicted molar refractivity (Wildman–Crippen MR) is 66.9 cm³/mol. The molecule has 1 aromatic carbocycles. The molecule has 2 heteroatoms. The zero-order valence-electron chi connectivity index (χ0n) is 10.0. The number of hydrogen-bond donors (Lipinski definition) is 1. The highest BCUT2D eigenvalue weighted by Gasteiger charge is 2.07. The van der Waals surface area contributed by atoms with Gasteiger partial charge in [-0.3, -0.25) is 0 Å². The molecule has 0 saturated carbocycles. The Labute approximate surface area is 96.3 Å². The zero-order valence-corrected chi connectivity index (χ0v) is 10.0. The van der Waals surface area contributed by atoms with Gasteiger partial charge in [0.05, 0.1) is 7.11 Å². The van der Waals surface area contributed by atoms with Gasteiger partial charge in [0, 0.05) is 18.0 Å². The van der Waals surface area contributed by atoms with E-state index in [0.717, 1.165) is 12.2 Å². The monoisotopic (exact) mass is 215 g/mol. The van der Waals surface area contributed by atoms with Crippen molar-refractivity contribution in [1.29, 1.82) is 0 Å². The minimum Gasteiger partial charge on any atom is -0.497 e. The summed E-state index contributed by atoms with van der Waals surface area (Å²) in [7, 11) is 1.70. The first kappa shape index (κ1) is 10.8. The lowest BCUT2D eigenvalue weighted by Gasteiger charge is -2.08. The van der Waals surface area contributed by atoms with E-state index in [4.69, 9.17) is 4.74 Å². The Hall–Kier alpha value is -1.70. The van der Waals surface area contributed by atoms with Gasteiger partial charge < -0.3 is 9.72 Å². The average molecular weight is 215 g/mol. The SMILES string of the molecule is CCc1c[nH]cc1-c1ccc(OC)cc1C. The molecule has 16 heavy (non-hydrogen) atoms. The molecular formula is C14H17NO. The third-order valence-corrected chi connectivity index (χ3v) is 2.94. The van der Waals surface area contributed by atoms with E-state index in [1.165, 1.54) is 22.3 Å². The molecule has 0 unspecified atom stereocenters. The van der Waals surface area contributed by atoms with E-state index in [0.29, 0.717) is 0 Å². The second kappa shape index (κ2) is 4.44. The number of H-pyrrole nitrogens is 1. The van der Waals surface area contributed by atoms with E-state index >= 15 is 0 Å². The minimum absolute atomic E-state index is 0.912. The van der Waals surface area contributed by atoms with Gasteiger partial charge in [0.15, 0.2) is 0 Å². The molecule has 84 valence electrons. The molecule has 0 aliphatic heterocycles. The van der Waals surface area contributed by atoms with Crippen LogP contribution >= 0.6 is 0 Å². The third kappa shape index (κ3) is 1.83. The predicted octanol–water partition coefficient (Wildman–Crippen LogP) is 3.56. The van der Waals surface area contributed by atoms with Crippen LogP contribution in [0.15, 0.2) is 30.6 Å². The summed E-state index contributed by atoms with van der Waals surface area (Å²) in [5, 5.41) is 0. The van der Waals surface area contributed by atoms with Crippen LogP contribution in [0.2, 0.25) is 0 Å². The van der Waals surface area contributed by atoms with E-state index < -0.39 is 0 Å². The first-order valence-corrected chi connectivity index (χ1v) is 5.57. The van der Waals surface area contributed by atoms with Crippen LogP contribution < -0.4 is 4.74 Å². The maximum absolute atomic E-state index is 5.22. The number of methoxy groups -OCH3 is 1. The van der Waals surface area contributed by atoms with Gasteiger partial charge in [-0.2, -0.15) is 0 Å². The molecular weight excluding hydrogens is 198 g/mol. The number of rotatable bonds is 3. The summed E-state index contributed by atoms with van der Waals surface area (Å²) in [6.45, 7) is 4.29. The van der Waals surface area contributed by atoms with Crippen LogP contribution in [0, 0.1) is 6.92 Å². The van der Waals surface area contributed by atoms with Crippen molar-refractivity contribution in [1.82, 2.24) is 4.98 Å². The summed E-state index contributed by atoms with van der Waals surface area (Å²) in [6.07, 6.45) is 5.18. The van der Waals surface area contributed by atoms with Crippen LogP contribution in [0.4, 0.5) is 0 Å². The fourth-order valence-corrected chi connectivity index (χ4v) is 2.00. The van der Waals surface area contributed by atoms with Crippen molar-refractivity contribution in [2.24, 2.45) is 0 Å². The number of nitrogens with one attached hydrogen (secondary N) is 1. The highest BCUT2D eigenvalue weighted by Crippen LogP contribution is 2.29. The summed E-state index contributed by atoms with van der Waals surface area (Å²) in [5.74, 6) is 0.912. The lowest BCUT2D eigenvalue weighted by Crippen LogP contribution is -1.88. The van der Waals surface area contributed by atoms with Crippen molar-refractivity contribution in [3.05, 3.63) is 41.7 Å². The summed E-state index contributed by atoms with van der Waals surface area (Å²) in [4.78, 5) is 3.17. The summed E-state index contributed by atoms with van der Waals surface area (Å²) < 4.78 is 5.22. The Morgan fingerprint density at radius 1 is 1.19 bits per heavy atom. The lowest BCUT2D eigenvalue weighted by molar-refractivity contribution is 0.414. The lowest BCUT2D eigenvalue weighted by atomic mass is 9.98. The van der Waals surface area contributed by atoms with Crippen molar-refractivity contribution >= 4 is 0 Å². The molecule has 0 spiro atoms. The van der Waals surface area contributed by atoms with Crippen molar-refractivity contribution in [3.8, 4) is 16.9 Å².